The molecule has 0 saturated heterocycles. The molecule has 36 heavy (non-hydrogen) atoms. The SMILES string of the molecule is COc1ccc(CNC(=O)C(=Cc2c[nH]c3ccc(OC)cc23)NC(=O)c2ccccc2)c(OC)c1. The zero-order valence-corrected chi connectivity index (χ0v) is 20.3. The summed E-state index contributed by atoms with van der Waals surface area (Å²) in [7, 11) is 4.72. The van der Waals surface area contributed by atoms with Crippen LogP contribution in [0.2, 0.25) is 0 Å². The minimum Gasteiger partial charge on any atom is -0.497 e. The standard InChI is InChI=1S/C28H27N3O5/c1-34-21-11-12-24-23(14-21)20(17-29-24)13-25(31-27(32)18-7-5-4-6-8-18)28(33)30-16-19-9-10-22(35-2)15-26(19)36-3/h4-15,17,29H,16H2,1-3H3,(H,30,33)(H,31,32). The minimum absolute atomic E-state index is 0.0973. The summed E-state index contributed by atoms with van der Waals surface area (Å²) in [6.45, 7) is 0.187. The first-order chi connectivity index (χ1) is 17.5. The molecule has 4 rings (SSSR count). The van der Waals surface area contributed by atoms with Crippen LogP contribution in [0.4, 0.5) is 0 Å². The fraction of sp³-hybridized carbons (Fsp3) is 0.143. The van der Waals surface area contributed by atoms with Crippen molar-refractivity contribution in [3.05, 3.63) is 95.3 Å². The van der Waals surface area contributed by atoms with E-state index in [1.54, 1.807) is 70.0 Å². The van der Waals surface area contributed by atoms with Gasteiger partial charge in [0.25, 0.3) is 11.8 Å². The number of hydrogen-bond acceptors (Lipinski definition) is 5. The van der Waals surface area contributed by atoms with Gasteiger partial charge < -0.3 is 29.8 Å². The van der Waals surface area contributed by atoms with Crippen LogP contribution in [0.15, 0.2) is 78.6 Å². The van der Waals surface area contributed by atoms with Gasteiger partial charge in [0, 0.05) is 46.4 Å². The molecule has 2 amide bonds. The average Bonchev–Trinajstić information content (AvgIpc) is 3.33. The average molecular weight is 486 g/mol. The number of fused-ring (bicyclic) bond motifs is 1. The van der Waals surface area contributed by atoms with Crippen molar-refractivity contribution in [1.82, 2.24) is 15.6 Å². The van der Waals surface area contributed by atoms with Crippen molar-refractivity contribution in [3.8, 4) is 17.2 Å². The first-order valence-corrected chi connectivity index (χ1v) is 11.2. The second kappa shape index (κ2) is 11.1. The zero-order chi connectivity index (χ0) is 25.5. The van der Waals surface area contributed by atoms with Gasteiger partial charge in [0.2, 0.25) is 0 Å². The molecule has 0 spiro atoms. The Bertz CT molecular complexity index is 1410. The predicted molar refractivity (Wildman–Crippen MR) is 138 cm³/mol. The van der Waals surface area contributed by atoms with Crippen LogP contribution in [0, 0.1) is 0 Å². The third kappa shape index (κ3) is 5.50. The number of nitrogens with one attached hydrogen (secondary N) is 3. The van der Waals surface area contributed by atoms with Gasteiger partial charge in [-0.25, -0.2) is 0 Å². The zero-order valence-electron chi connectivity index (χ0n) is 20.3. The van der Waals surface area contributed by atoms with Gasteiger partial charge in [0.15, 0.2) is 0 Å². The highest BCUT2D eigenvalue weighted by Crippen LogP contribution is 2.26. The lowest BCUT2D eigenvalue weighted by Crippen LogP contribution is -2.34. The van der Waals surface area contributed by atoms with Crippen LogP contribution < -0.4 is 24.8 Å². The van der Waals surface area contributed by atoms with Crippen molar-refractivity contribution in [1.29, 1.82) is 0 Å². The number of benzene rings is 3. The number of carbonyl (C=O) groups is 2. The number of hydrogen-bond donors (Lipinski definition) is 3. The summed E-state index contributed by atoms with van der Waals surface area (Å²) in [6.07, 6.45) is 3.41. The van der Waals surface area contributed by atoms with E-state index in [9.17, 15) is 9.59 Å². The molecule has 3 aromatic carbocycles. The van der Waals surface area contributed by atoms with E-state index in [-0.39, 0.29) is 12.2 Å². The van der Waals surface area contributed by atoms with Crippen LogP contribution in [0.5, 0.6) is 17.2 Å². The molecule has 0 aliphatic heterocycles. The molecule has 0 atom stereocenters. The van der Waals surface area contributed by atoms with Gasteiger partial charge in [-0.05, 0) is 48.5 Å². The minimum atomic E-state index is -0.450. The molecule has 0 aliphatic carbocycles. The summed E-state index contributed by atoms with van der Waals surface area (Å²) >= 11 is 0. The first-order valence-electron chi connectivity index (χ1n) is 11.2. The molecular weight excluding hydrogens is 458 g/mol. The lowest BCUT2D eigenvalue weighted by molar-refractivity contribution is -0.117. The molecule has 0 saturated carbocycles. The Balaban J connectivity index is 1.64. The van der Waals surface area contributed by atoms with E-state index >= 15 is 0 Å². The van der Waals surface area contributed by atoms with Crippen LogP contribution >= 0.6 is 0 Å². The van der Waals surface area contributed by atoms with Crippen molar-refractivity contribution in [3.63, 3.8) is 0 Å². The Kier molecular flexibility index (Phi) is 7.55. The van der Waals surface area contributed by atoms with Crippen LogP contribution in [-0.4, -0.2) is 38.1 Å². The van der Waals surface area contributed by atoms with Crippen LogP contribution in [-0.2, 0) is 11.3 Å². The maximum absolute atomic E-state index is 13.3. The van der Waals surface area contributed by atoms with Gasteiger partial charge in [-0.2, -0.15) is 0 Å². The highest BCUT2D eigenvalue weighted by atomic mass is 16.5. The molecule has 1 heterocycles. The van der Waals surface area contributed by atoms with E-state index in [1.807, 2.05) is 30.3 Å². The fourth-order valence-electron chi connectivity index (χ4n) is 3.73. The number of H-pyrrole nitrogens is 1. The van der Waals surface area contributed by atoms with E-state index < -0.39 is 11.8 Å². The van der Waals surface area contributed by atoms with Gasteiger partial charge in [0.05, 0.1) is 21.3 Å². The van der Waals surface area contributed by atoms with Gasteiger partial charge in [-0.1, -0.05) is 18.2 Å². The lowest BCUT2D eigenvalue weighted by atomic mass is 10.1. The number of amides is 2. The molecule has 4 aromatic rings. The van der Waals surface area contributed by atoms with Crippen LogP contribution in [0.25, 0.3) is 17.0 Å². The highest BCUT2D eigenvalue weighted by molar-refractivity contribution is 6.06. The van der Waals surface area contributed by atoms with E-state index in [2.05, 4.69) is 15.6 Å². The summed E-state index contributed by atoms with van der Waals surface area (Å²) < 4.78 is 16.0. The molecule has 0 radical (unpaired) electrons. The third-order valence-corrected chi connectivity index (χ3v) is 5.68. The molecule has 1 aromatic heterocycles. The number of methoxy groups -OCH3 is 3. The van der Waals surface area contributed by atoms with Gasteiger partial charge >= 0.3 is 0 Å². The number of aromatic nitrogens is 1. The number of carbonyl (C=O) groups excluding carboxylic acids is 2. The Morgan fingerprint density at radius 2 is 1.61 bits per heavy atom. The summed E-state index contributed by atoms with van der Waals surface area (Å²) in [5.74, 6) is 1.07. The van der Waals surface area contributed by atoms with Crippen molar-refractivity contribution >= 4 is 28.8 Å². The van der Waals surface area contributed by atoms with Crippen molar-refractivity contribution in [2.75, 3.05) is 21.3 Å². The van der Waals surface area contributed by atoms with Crippen molar-refractivity contribution < 1.29 is 23.8 Å². The monoisotopic (exact) mass is 485 g/mol. The van der Waals surface area contributed by atoms with Crippen molar-refractivity contribution in [2.24, 2.45) is 0 Å². The number of rotatable bonds is 9. The normalized spacial score (nSPS) is 11.1. The Morgan fingerprint density at radius 1 is 0.889 bits per heavy atom. The number of ether oxygens (including phenoxy) is 3. The third-order valence-electron chi connectivity index (χ3n) is 5.68. The molecule has 0 bridgehead atoms. The molecule has 0 fully saturated rings. The van der Waals surface area contributed by atoms with Crippen molar-refractivity contribution in [2.45, 2.75) is 6.54 Å². The van der Waals surface area contributed by atoms with E-state index in [1.165, 1.54) is 0 Å². The molecule has 3 N–H and O–H groups in total. The highest BCUT2D eigenvalue weighted by Gasteiger charge is 2.17. The smallest absolute Gasteiger partial charge is 0.268 e. The topological polar surface area (TPSA) is 102 Å². The predicted octanol–water partition coefficient (Wildman–Crippen LogP) is 4.28. The second-order valence-electron chi connectivity index (χ2n) is 7.89. The first kappa shape index (κ1) is 24.4. The molecule has 0 aliphatic rings. The number of aromatic amines is 1. The molecular formula is C28H27N3O5. The van der Waals surface area contributed by atoms with E-state index in [0.717, 1.165) is 22.0 Å². The maximum Gasteiger partial charge on any atom is 0.268 e. The maximum atomic E-state index is 13.3. The van der Waals surface area contributed by atoms with Gasteiger partial charge in [-0.15, -0.1) is 0 Å². The van der Waals surface area contributed by atoms with Crippen LogP contribution in [0.1, 0.15) is 21.5 Å². The summed E-state index contributed by atoms with van der Waals surface area (Å²) in [6, 6.07) is 19.7. The summed E-state index contributed by atoms with van der Waals surface area (Å²) in [5.41, 5.74) is 2.90. The lowest BCUT2D eigenvalue weighted by Gasteiger charge is -2.13. The van der Waals surface area contributed by atoms with E-state index in [4.69, 9.17) is 14.2 Å². The summed E-state index contributed by atoms with van der Waals surface area (Å²) in [5, 5.41) is 6.49. The largest absolute Gasteiger partial charge is 0.497 e. The van der Waals surface area contributed by atoms with Gasteiger partial charge in [-0.3, -0.25) is 9.59 Å². The van der Waals surface area contributed by atoms with Gasteiger partial charge in [0.1, 0.15) is 22.9 Å². The molecule has 184 valence electrons. The van der Waals surface area contributed by atoms with Crippen LogP contribution in [0.3, 0.4) is 0 Å². The van der Waals surface area contributed by atoms with E-state index in [0.29, 0.717) is 22.8 Å². The second-order valence-corrected chi connectivity index (χ2v) is 7.89. The molecule has 0 unspecified atom stereocenters. The fourth-order valence-corrected chi connectivity index (χ4v) is 3.73. The molecule has 8 nitrogen and oxygen atoms in total. The Hall–Kier alpha value is -4.72. The summed E-state index contributed by atoms with van der Waals surface area (Å²) in [4.78, 5) is 29.4. The Morgan fingerprint density at radius 3 is 2.33 bits per heavy atom. The quantitative estimate of drug-likeness (QED) is 0.307. The molecule has 8 heteroatoms. The Labute approximate surface area is 208 Å².